The van der Waals surface area contributed by atoms with Gasteiger partial charge in [-0.15, -0.1) is 5.10 Å². The van der Waals surface area contributed by atoms with Gasteiger partial charge in [0.1, 0.15) is 23.3 Å². The van der Waals surface area contributed by atoms with Crippen molar-refractivity contribution >= 4 is 23.2 Å². The number of rotatable bonds is 14. The van der Waals surface area contributed by atoms with Gasteiger partial charge in [0, 0.05) is 11.1 Å². The normalized spacial score (nSPS) is 13.7. The SMILES string of the molecule is CCOc1nc2c(C(C)OC(=O)OC3CCCCC3)ccc(C(=O)O)c2n1Cc1ccc(-c2ccccc2-c2nnnn2C(c2ccccc2)(c2ccccc2)c2ccccc2)cc1. The summed E-state index contributed by atoms with van der Waals surface area (Å²) in [6.45, 7) is 4.14. The molecule has 1 atom stereocenters. The summed E-state index contributed by atoms with van der Waals surface area (Å²) in [5.41, 5.74) is 6.97. The van der Waals surface area contributed by atoms with Crippen molar-refractivity contribution in [1.82, 2.24) is 29.8 Å². The van der Waals surface area contributed by atoms with Crippen molar-refractivity contribution in [2.24, 2.45) is 0 Å². The van der Waals surface area contributed by atoms with Crippen LogP contribution in [0.1, 0.15) is 90.2 Å². The van der Waals surface area contributed by atoms with Gasteiger partial charge in [-0.25, -0.2) is 14.3 Å². The maximum absolute atomic E-state index is 12.9. The Kier molecular flexibility index (Phi) is 12.0. The van der Waals surface area contributed by atoms with E-state index in [0.29, 0.717) is 29.0 Å². The van der Waals surface area contributed by atoms with E-state index in [2.05, 4.69) is 47.7 Å². The molecule has 0 bridgehead atoms. The lowest BCUT2D eigenvalue weighted by atomic mass is 9.77. The summed E-state index contributed by atoms with van der Waals surface area (Å²) in [6, 6.07) is 50.5. The molecule has 64 heavy (non-hydrogen) atoms. The van der Waals surface area contributed by atoms with Crippen molar-refractivity contribution in [2.45, 2.75) is 70.2 Å². The lowest BCUT2D eigenvalue weighted by molar-refractivity contribution is -0.00727. The molecule has 0 radical (unpaired) electrons. The lowest BCUT2D eigenvalue weighted by Gasteiger charge is -2.36. The first-order valence-corrected chi connectivity index (χ1v) is 21.8. The number of imidazole rings is 1. The minimum Gasteiger partial charge on any atom is -0.478 e. The first-order chi connectivity index (χ1) is 31.4. The number of ether oxygens (including phenoxy) is 3. The van der Waals surface area contributed by atoms with Gasteiger partial charge in [0.15, 0.2) is 5.82 Å². The number of hydrogen-bond acceptors (Lipinski definition) is 9. The average molecular weight is 853 g/mol. The summed E-state index contributed by atoms with van der Waals surface area (Å²) in [5.74, 6) is -0.531. The van der Waals surface area contributed by atoms with Gasteiger partial charge in [-0.3, -0.25) is 4.57 Å². The third kappa shape index (κ3) is 7.98. The summed E-state index contributed by atoms with van der Waals surface area (Å²) in [7, 11) is 0. The molecule has 1 fully saturated rings. The molecule has 1 aliphatic carbocycles. The van der Waals surface area contributed by atoms with Gasteiger partial charge in [-0.05, 0) is 89.4 Å². The molecule has 6 aromatic carbocycles. The highest BCUT2D eigenvalue weighted by Gasteiger charge is 2.42. The number of carboxylic acids is 1. The highest BCUT2D eigenvalue weighted by atomic mass is 16.7. The fourth-order valence-electron chi connectivity index (χ4n) is 9.07. The van der Waals surface area contributed by atoms with E-state index in [4.69, 9.17) is 29.5 Å². The number of nitrogens with zero attached hydrogens (tertiary/aromatic N) is 6. The molecular formula is C52H48N6O6. The van der Waals surface area contributed by atoms with E-state index in [9.17, 15) is 14.7 Å². The maximum Gasteiger partial charge on any atom is 0.509 e. The van der Waals surface area contributed by atoms with E-state index < -0.39 is 23.8 Å². The monoisotopic (exact) mass is 852 g/mol. The Hall–Kier alpha value is -7.60. The zero-order chi connectivity index (χ0) is 44.0. The minimum absolute atomic E-state index is 0.0510. The summed E-state index contributed by atoms with van der Waals surface area (Å²) in [4.78, 5) is 30.4. The third-order valence-corrected chi connectivity index (χ3v) is 12.1. The number of aromatic carboxylic acids is 1. The standard InChI is InChI=1S/C52H48N6O6/c1-3-62-50-53-46-42(35(2)63-51(61)64-41-24-14-7-15-25-41)32-33-45(49(59)60)47(46)57(50)34-36-28-30-37(31-29-36)43-26-16-17-27-44(43)48-54-55-56-58(48)52(38-18-8-4-9-19-38,39-20-10-5-11-21-39)40-22-12-6-13-23-40/h4-6,8-13,16-23,26-33,35,41H,3,7,14-15,24-25,34H2,1-2H3,(H,59,60). The number of carbonyl (C=O) groups is 2. The third-order valence-electron chi connectivity index (χ3n) is 12.1. The second-order valence-corrected chi connectivity index (χ2v) is 16.0. The topological polar surface area (TPSA) is 143 Å². The lowest BCUT2D eigenvalue weighted by Crippen LogP contribution is -2.39. The molecule has 9 rings (SSSR count). The number of hydrogen-bond donors (Lipinski definition) is 1. The molecule has 1 saturated carbocycles. The Morgan fingerprint density at radius 2 is 1.34 bits per heavy atom. The maximum atomic E-state index is 12.9. The minimum atomic E-state index is -1.11. The molecule has 2 aromatic heterocycles. The molecule has 0 aliphatic heterocycles. The number of tetrazole rings is 1. The Morgan fingerprint density at radius 1 is 0.750 bits per heavy atom. The molecule has 1 N–H and O–H groups in total. The van der Waals surface area contributed by atoms with Gasteiger partial charge < -0.3 is 19.3 Å². The summed E-state index contributed by atoms with van der Waals surface area (Å²) in [6.07, 6.45) is 3.11. The molecule has 322 valence electrons. The molecule has 12 nitrogen and oxygen atoms in total. The van der Waals surface area contributed by atoms with Crippen molar-refractivity contribution in [3.63, 3.8) is 0 Å². The summed E-state index contributed by atoms with van der Waals surface area (Å²) in [5, 5.41) is 24.2. The number of benzene rings is 6. The molecule has 0 saturated heterocycles. The summed E-state index contributed by atoms with van der Waals surface area (Å²) < 4.78 is 21.1. The molecular weight excluding hydrogens is 805 g/mol. The van der Waals surface area contributed by atoms with Crippen LogP contribution in [0.25, 0.3) is 33.5 Å². The predicted octanol–water partition coefficient (Wildman–Crippen LogP) is 10.9. The second kappa shape index (κ2) is 18.4. The van der Waals surface area contributed by atoms with Crippen molar-refractivity contribution in [2.75, 3.05) is 6.61 Å². The zero-order valence-corrected chi connectivity index (χ0v) is 35.7. The van der Waals surface area contributed by atoms with Crippen LogP contribution in [-0.2, 0) is 21.6 Å². The Labute approximate surface area is 371 Å². The van der Waals surface area contributed by atoms with Crippen LogP contribution in [0.2, 0.25) is 0 Å². The van der Waals surface area contributed by atoms with Gasteiger partial charge in [-0.2, -0.15) is 4.98 Å². The molecule has 12 heteroatoms. The molecule has 0 spiro atoms. The van der Waals surface area contributed by atoms with E-state index in [1.165, 1.54) is 6.07 Å². The van der Waals surface area contributed by atoms with Crippen molar-refractivity contribution in [3.05, 3.63) is 185 Å². The van der Waals surface area contributed by atoms with Crippen molar-refractivity contribution in [3.8, 4) is 28.5 Å². The molecule has 2 heterocycles. The molecule has 0 amide bonds. The van der Waals surface area contributed by atoms with Crippen LogP contribution in [0.5, 0.6) is 6.01 Å². The van der Waals surface area contributed by atoms with Crippen molar-refractivity contribution in [1.29, 1.82) is 0 Å². The van der Waals surface area contributed by atoms with Crippen LogP contribution in [0, 0.1) is 0 Å². The largest absolute Gasteiger partial charge is 0.509 e. The van der Waals surface area contributed by atoms with Crippen LogP contribution >= 0.6 is 0 Å². The molecule has 1 unspecified atom stereocenters. The molecule has 8 aromatic rings. The van der Waals surface area contributed by atoms with E-state index in [1.807, 2.05) is 109 Å². The van der Waals surface area contributed by atoms with E-state index in [0.717, 1.165) is 71.0 Å². The Morgan fingerprint density at radius 3 is 1.94 bits per heavy atom. The molecule has 1 aliphatic rings. The summed E-state index contributed by atoms with van der Waals surface area (Å²) >= 11 is 0. The number of carbonyl (C=O) groups excluding carboxylic acids is 1. The van der Waals surface area contributed by atoms with Gasteiger partial charge in [0.05, 0.1) is 24.2 Å². The van der Waals surface area contributed by atoms with Gasteiger partial charge >= 0.3 is 12.1 Å². The first-order valence-electron chi connectivity index (χ1n) is 21.8. The van der Waals surface area contributed by atoms with Crippen LogP contribution in [0.15, 0.2) is 152 Å². The zero-order valence-electron chi connectivity index (χ0n) is 35.7. The fourth-order valence-corrected chi connectivity index (χ4v) is 9.07. The van der Waals surface area contributed by atoms with E-state index >= 15 is 0 Å². The van der Waals surface area contributed by atoms with Crippen LogP contribution in [0.4, 0.5) is 4.79 Å². The second-order valence-electron chi connectivity index (χ2n) is 16.0. The first kappa shape index (κ1) is 41.7. The van der Waals surface area contributed by atoms with E-state index in [-0.39, 0.29) is 24.2 Å². The van der Waals surface area contributed by atoms with Crippen LogP contribution in [0.3, 0.4) is 0 Å². The quantitative estimate of drug-likeness (QED) is 0.0829. The fraction of sp³-hybridized carbons (Fsp3) is 0.231. The van der Waals surface area contributed by atoms with Gasteiger partial charge in [0.25, 0.3) is 6.01 Å². The smallest absolute Gasteiger partial charge is 0.478 e. The van der Waals surface area contributed by atoms with Gasteiger partial charge in [-0.1, -0.05) is 152 Å². The number of fused-ring (bicyclic) bond motifs is 1. The average Bonchev–Trinajstić information content (AvgIpc) is 3.96. The highest BCUT2D eigenvalue weighted by molar-refractivity contribution is 6.02. The predicted molar refractivity (Wildman–Crippen MR) is 243 cm³/mol. The number of carboxylic acid groups (broad SMARTS) is 1. The Balaban J connectivity index is 1.08. The van der Waals surface area contributed by atoms with Crippen LogP contribution < -0.4 is 4.74 Å². The van der Waals surface area contributed by atoms with Gasteiger partial charge in [0.2, 0.25) is 0 Å². The number of aromatic nitrogens is 6. The van der Waals surface area contributed by atoms with E-state index in [1.54, 1.807) is 17.6 Å². The highest BCUT2D eigenvalue weighted by Crippen LogP contribution is 2.43. The van der Waals surface area contributed by atoms with Crippen molar-refractivity contribution < 1.29 is 28.9 Å². The van der Waals surface area contributed by atoms with Crippen LogP contribution in [-0.4, -0.2) is 59.7 Å². The Bertz CT molecular complexity index is 2780.